The standard InChI is InChI=1S/C12H22O8S2/c1-9(21(15)17-3)19-11(13)7-5-6-8-12(14)20-10(2)22(16)18-4/h9-10H,5-8H2,1-4H3. The number of esters is 2. The summed E-state index contributed by atoms with van der Waals surface area (Å²) in [7, 11) is 2.51. The normalized spacial score (nSPS) is 16.4. The molecule has 130 valence electrons. The minimum Gasteiger partial charge on any atom is -0.446 e. The zero-order valence-electron chi connectivity index (χ0n) is 13.1. The van der Waals surface area contributed by atoms with Crippen LogP contribution in [0.5, 0.6) is 0 Å². The fourth-order valence-electron chi connectivity index (χ4n) is 1.38. The van der Waals surface area contributed by atoms with Crippen molar-refractivity contribution in [2.75, 3.05) is 14.2 Å². The van der Waals surface area contributed by atoms with Gasteiger partial charge in [0, 0.05) is 12.8 Å². The van der Waals surface area contributed by atoms with Gasteiger partial charge in [-0.15, -0.1) is 0 Å². The van der Waals surface area contributed by atoms with Crippen molar-refractivity contribution in [3.8, 4) is 0 Å². The van der Waals surface area contributed by atoms with Gasteiger partial charge in [0.25, 0.3) is 0 Å². The summed E-state index contributed by atoms with van der Waals surface area (Å²) in [6, 6.07) is 0. The van der Waals surface area contributed by atoms with Crippen molar-refractivity contribution in [1.29, 1.82) is 0 Å². The SMILES string of the molecule is COS(=O)C(C)OC(=O)CCCCC(=O)OC(C)S(=O)OC. The van der Waals surface area contributed by atoms with Crippen LogP contribution >= 0.6 is 0 Å². The van der Waals surface area contributed by atoms with E-state index in [2.05, 4.69) is 8.37 Å². The number of ether oxygens (including phenoxy) is 2. The summed E-state index contributed by atoms with van der Waals surface area (Å²) < 4.78 is 41.2. The van der Waals surface area contributed by atoms with Crippen LogP contribution in [0.1, 0.15) is 39.5 Å². The number of carbonyl (C=O) groups excluding carboxylic acids is 2. The van der Waals surface area contributed by atoms with Crippen molar-refractivity contribution in [3.05, 3.63) is 0 Å². The second-order valence-corrected chi connectivity index (χ2v) is 7.21. The molecule has 0 bridgehead atoms. The molecule has 10 heteroatoms. The van der Waals surface area contributed by atoms with Crippen molar-refractivity contribution in [3.63, 3.8) is 0 Å². The summed E-state index contributed by atoms with van der Waals surface area (Å²) in [6.45, 7) is 2.93. The van der Waals surface area contributed by atoms with Crippen molar-refractivity contribution in [1.82, 2.24) is 0 Å². The molecule has 4 unspecified atom stereocenters. The second-order valence-electron chi connectivity index (χ2n) is 4.18. The number of hydrogen-bond acceptors (Lipinski definition) is 8. The highest BCUT2D eigenvalue weighted by Crippen LogP contribution is 2.08. The van der Waals surface area contributed by atoms with Crippen LogP contribution in [0.3, 0.4) is 0 Å². The Bertz CT molecular complexity index is 374. The van der Waals surface area contributed by atoms with Crippen LogP contribution in [0.25, 0.3) is 0 Å². The monoisotopic (exact) mass is 358 g/mol. The van der Waals surface area contributed by atoms with Gasteiger partial charge in [-0.1, -0.05) is 0 Å². The Hall–Kier alpha value is -0.840. The van der Waals surface area contributed by atoms with E-state index in [0.717, 1.165) is 0 Å². The van der Waals surface area contributed by atoms with E-state index in [9.17, 15) is 18.0 Å². The lowest BCUT2D eigenvalue weighted by Crippen LogP contribution is -2.21. The molecule has 4 atom stereocenters. The first-order valence-corrected chi connectivity index (χ1v) is 8.88. The fourth-order valence-corrected chi connectivity index (χ4v) is 2.29. The first kappa shape index (κ1) is 21.2. The lowest BCUT2D eigenvalue weighted by molar-refractivity contribution is -0.147. The van der Waals surface area contributed by atoms with Gasteiger partial charge in [0.1, 0.15) is 0 Å². The van der Waals surface area contributed by atoms with E-state index in [1.54, 1.807) is 0 Å². The number of carbonyl (C=O) groups is 2. The maximum atomic E-state index is 11.4. The Kier molecular flexibility index (Phi) is 11.2. The summed E-state index contributed by atoms with van der Waals surface area (Å²) in [5, 5.41) is 0. The molecule has 0 saturated carbocycles. The third-order valence-corrected chi connectivity index (χ3v) is 4.41. The molecular formula is C12H22O8S2. The highest BCUT2D eigenvalue weighted by Gasteiger charge is 2.17. The molecule has 0 saturated heterocycles. The molecule has 0 aromatic carbocycles. The Morgan fingerprint density at radius 2 is 1.14 bits per heavy atom. The summed E-state index contributed by atoms with van der Waals surface area (Å²) in [6.07, 6.45) is 1.03. The van der Waals surface area contributed by atoms with E-state index in [0.29, 0.717) is 12.8 Å². The molecule has 0 amide bonds. The van der Waals surface area contributed by atoms with Gasteiger partial charge in [0.05, 0.1) is 14.2 Å². The van der Waals surface area contributed by atoms with E-state index in [-0.39, 0.29) is 12.8 Å². The number of rotatable bonds is 11. The summed E-state index contributed by atoms with van der Waals surface area (Å²) in [5.41, 5.74) is -1.68. The highest BCUT2D eigenvalue weighted by molar-refractivity contribution is 7.80. The van der Waals surface area contributed by atoms with Gasteiger partial charge in [-0.05, 0) is 26.7 Å². The zero-order chi connectivity index (χ0) is 17.1. The van der Waals surface area contributed by atoms with Crippen LogP contribution in [0.4, 0.5) is 0 Å². The molecule has 0 aliphatic rings. The van der Waals surface area contributed by atoms with Gasteiger partial charge in [0.2, 0.25) is 0 Å². The molecular weight excluding hydrogens is 336 g/mol. The molecule has 8 nitrogen and oxygen atoms in total. The van der Waals surface area contributed by atoms with Crippen molar-refractivity contribution in [2.24, 2.45) is 0 Å². The molecule has 0 rings (SSSR count). The molecule has 0 aromatic heterocycles. The second kappa shape index (κ2) is 11.7. The quantitative estimate of drug-likeness (QED) is 0.397. The molecule has 0 fully saturated rings. The molecule has 0 N–H and O–H groups in total. The summed E-state index contributed by atoms with van der Waals surface area (Å²) in [4.78, 5) is 22.9. The molecule has 22 heavy (non-hydrogen) atoms. The maximum Gasteiger partial charge on any atom is 0.307 e. The van der Waals surface area contributed by atoms with Crippen molar-refractivity contribution < 1.29 is 35.8 Å². The van der Waals surface area contributed by atoms with Crippen LogP contribution in [-0.2, 0) is 49.6 Å². The van der Waals surface area contributed by atoms with Crippen LogP contribution in [0.2, 0.25) is 0 Å². The predicted octanol–water partition coefficient (Wildman–Crippen LogP) is 0.945. The van der Waals surface area contributed by atoms with E-state index in [4.69, 9.17) is 9.47 Å². The van der Waals surface area contributed by atoms with E-state index in [1.807, 2.05) is 0 Å². The van der Waals surface area contributed by atoms with Crippen molar-refractivity contribution in [2.45, 2.75) is 50.4 Å². The maximum absolute atomic E-state index is 11.4. The topological polar surface area (TPSA) is 105 Å². The van der Waals surface area contributed by atoms with Gasteiger partial charge in [0.15, 0.2) is 33.0 Å². The van der Waals surface area contributed by atoms with Crippen LogP contribution < -0.4 is 0 Å². The molecule has 0 radical (unpaired) electrons. The van der Waals surface area contributed by atoms with Gasteiger partial charge in [-0.25, -0.2) is 8.42 Å². The van der Waals surface area contributed by atoms with E-state index < -0.39 is 45.0 Å². The van der Waals surface area contributed by atoms with Gasteiger partial charge in [-0.2, -0.15) is 0 Å². The third kappa shape index (κ3) is 9.23. The third-order valence-electron chi connectivity index (χ3n) is 2.48. The summed E-state index contributed by atoms with van der Waals surface area (Å²) in [5.74, 6) is -1.03. The van der Waals surface area contributed by atoms with Crippen LogP contribution in [-0.4, -0.2) is 45.4 Å². The average molecular weight is 358 g/mol. The van der Waals surface area contributed by atoms with E-state index in [1.165, 1.54) is 28.1 Å². The highest BCUT2D eigenvalue weighted by atomic mass is 32.2. The van der Waals surface area contributed by atoms with Crippen molar-refractivity contribution >= 4 is 34.1 Å². The minimum atomic E-state index is -1.68. The van der Waals surface area contributed by atoms with Gasteiger partial charge < -0.3 is 9.47 Å². The lowest BCUT2D eigenvalue weighted by Gasteiger charge is -2.12. The van der Waals surface area contributed by atoms with E-state index >= 15 is 0 Å². The Morgan fingerprint density at radius 1 is 0.818 bits per heavy atom. The van der Waals surface area contributed by atoms with Crippen LogP contribution in [0.15, 0.2) is 0 Å². The summed E-state index contributed by atoms with van der Waals surface area (Å²) >= 11 is -3.35. The Labute approximate surface area is 135 Å². The Balaban J connectivity index is 3.84. The fraction of sp³-hybridized carbons (Fsp3) is 0.833. The lowest BCUT2D eigenvalue weighted by atomic mass is 10.2. The largest absolute Gasteiger partial charge is 0.446 e. The van der Waals surface area contributed by atoms with Gasteiger partial charge in [-0.3, -0.25) is 18.0 Å². The number of hydrogen-bond donors (Lipinski definition) is 0. The molecule has 0 aliphatic heterocycles. The molecule has 0 spiro atoms. The zero-order valence-corrected chi connectivity index (χ0v) is 14.7. The predicted molar refractivity (Wildman–Crippen MR) is 79.9 cm³/mol. The first-order chi connectivity index (χ1) is 10.3. The molecule has 0 heterocycles. The number of unbranched alkanes of at least 4 members (excludes halogenated alkanes) is 1. The average Bonchev–Trinajstić information content (AvgIpc) is 2.49. The first-order valence-electron chi connectivity index (χ1n) is 6.60. The van der Waals surface area contributed by atoms with Crippen LogP contribution in [0, 0.1) is 0 Å². The molecule has 0 aromatic rings. The van der Waals surface area contributed by atoms with Gasteiger partial charge >= 0.3 is 11.9 Å². The molecule has 0 aliphatic carbocycles. The smallest absolute Gasteiger partial charge is 0.307 e. The Morgan fingerprint density at radius 3 is 1.41 bits per heavy atom. The minimum absolute atomic E-state index is 0.0953.